The molecule has 1 amide bonds. The average Bonchev–Trinajstić information content (AvgIpc) is 2.93. The maximum Gasteiger partial charge on any atom is 0.255 e. The zero-order valence-electron chi connectivity index (χ0n) is 14.8. The molecule has 1 aliphatic heterocycles. The van der Waals surface area contributed by atoms with Gasteiger partial charge >= 0.3 is 0 Å². The summed E-state index contributed by atoms with van der Waals surface area (Å²) < 4.78 is 7.17. The van der Waals surface area contributed by atoms with Crippen LogP contribution in [0.15, 0.2) is 36.7 Å². The molecule has 1 unspecified atom stereocenters. The first-order valence-corrected chi connectivity index (χ1v) is 8.61. The Labute approximate surface area is 144 Å². The number of rotatable bonds is 4. The lowest BCUT2D eigenvalue weighted by Crippen LogP contribution is -2.40. The predicted molar refractivity (Wildman–Crippen MR) is 95.5 cm³/mol. The topological polar surface area (TPSA) is 34.5 Å². The van der Waals surface area contributed by atoms with E-state index in [-0.39, 0.29) is 5.91 Å². The standard InChI is InChI=1S/C20H26N2O2/c1-15-12-21(2)14-19(15)20(23)22-10-4-5-17(13-22)11-16-6-8-18(24-3)9-7-16/h6-9,12,14,17H,4-5,10-11,13H2,1-3H3. The number of piperidine rings is 1. The molecule has 24 heavy (non-hydrogen) atoms. The van der Waals surface area contributed by atoms with E-state index in [2.05, 4.69) is 12.1 Å². The van der Waals surface area contributed by atoms with Crippen molar-refractivity contribution in [3.8, 4) is 5.75 Å². The van der Waals surface area contributed by atoms with Gasteiger partial charge in [0.05, 0.1) is 12.7 Å². The van der Waals surface area contributed by atoms with Gasteiger partial charge in [0.2, 0.25) is 0 Å². The van der Waals surface area contributed by atoms with Crippen molar-refractivity contribution >= 4 is 5.91 Å². The summed E-state index contributed by atoms with van der Waals surface area (Å²) in [5.41, 5.74) is 3.20. The summed E-state index contributed by atoms with van der Waals surface area (Å²) in [5.74, 6) is 1.59. The zero-order chi connectivity index (χ0) is 17.1. The molecule has 2 aromatic rings. The molecule has 0 bridgehead atoms. The molecular weight excluding hydrogens is 300 g/mol. The van der Waals surface area contributed by atoms with Crippen molar-refractivity contribution in [2.24, 2.45) is 13.0 Å². The number of likely N-dealkylation sites (tertiary alicyclic amines) is 1. The molecule has 4 nitrogen and oxygen atoms in total. The molecule has 1 saturated heterocycles. The highest BCUT2D eigenvalue weighted by Gasteiger charge is 2.26. The zero-order valence-corrected chi connectivity index (χ0v) is 14.8. The van der Waals surface area contributed by atoms with Gasteiger partial charge < -0.3 is 14.2 Å². The minimum atomic E-state index is 0.174. The number of carbonyl (C=O) groups excluding carboxylic acids is 1. The molecule has 1 atom stereocenters. The second-order valence-electron chi connectivity index (χ2n) is 6.83. The summed E-state index contributed by atoms with van der Waals surface area (Å²) in [6.45, 7) is 3.72. The molecule has 4 heteroatoms. The SMILES string of the molecule is COc1ccc(CC2CCCN(C(=O)c3cn(C)cc3C)C2)cc1. The van der Waals surface area contributed by atoms with Crippen LogP contribution in [0, 0.1) is 12.8 Å². The third-order valence-corrected chi connectivity index (χ3v) is 4.87. The molecule has 0 saturated carbocycles. The van der Waals surface area contributed by atoms with Crippen LogP contribution in [0.4, 0.5) is 0 Å². The second kappa shape index (κ2) is 7.12. The van der Waals surface area contributed by atoms with E-state index >= 15 is 0 Å². The van der Waals surface area contributed by atoms with Crippen LogP contribution in [0.25, 0.3) is 0 Å². The minimum absolute atomic E-state index is 0.174. The van der Waals surface area contributed by atoms with Crippen LogP contribution >= 0.6 is 0 Å². The number of nitrogens with zero attached hydrogens (tertiary/aromatic N) is 2. The Hall–Kier alpha value is -2.23. The normalized spacial score (nSPS) is 17.8. The first-order valence-electron chi connectivity index (χ1n) is 8.61. The Bertz CT molecular complexity index is 703. The molecule has 0 spiro atoms. The fourth-order valence-electron chi connectivity index (χ4n) is 3.62. The van der Waals surface area contributed by atoms with E-state index in [4.69, 9.17) is 4.74 Å². The van der Waals surface area contributed by atoms with Gasteiger partial charge in [-0.3, -0.25) is 4.79 Å². The van der Waals surface area contributed by atoms with Crippen molar-refractivity contribution in [1.82, 2.24) is 9.47 Å². The van der Waals surface area contributed by atoms with Gasteiger partial charge in [0, 0.05) is 32.5 Å². The van der Waals surface area contributed by atoms with Crippen molar-refractivity contribution in [2.75, 3.05) is 20.2 Å². The second-order valence-corrected chi connectivity index (χ2v) is 6.83. The van der Waals surface area contributed by atoms with Gasteiger partial charge in [0.1, 0.15) is 5.75 Å². The largest absolute Gasteiger partial charge is 0.497 e. The predicted octanol–water partition coefficient (Wildman–Crippen LogP) is 3.44. The maximum atomic E-state index is 12.8. The smallest absolute Gasteiger partial charge is 0.255 e. The van der Waals surface area contributed by atoms with Crippen LogP contribution < -0.4 is 4.74 Å². The monoisotopic (exact) mass is 326 g/mol. The summed E-state index contributed by atoms with van der Waals surface area (Å²) in [5, 5.41) is 0. The summed E-state index contributed by atoms with van der Waals surface area (Å²) >= 11 is 0. The number of benzene rings is 1. The Morgan fingerprint density at radius 3 is 2.62 bits per heavy atom. The molecule has 0 aliphatic carbocycles. The number of ether oxygens (including phenoxy) is 1. The average molecular weight is 326 g/mol. The highest BCUT2D eigenvalue weighted by atomic mass is 16.5. The van der Waals surface area contributed by atoms with Gasteiger partial charge in [0.25, 0.3) is 5.91 Å². The summed E-state index contributed by atoms with van der Waals surface area (Å²) in [7, 11) is 3.65. The number of aromatic nitrogens is 1. The Morgan fingerprint density at radius 1 is 1.25 bits per heavy atom. The first kappa shape index (κ1) is 16.6. The maximum absolute atomic E-state index is 12.8. The molecule has 0 N–H and O–H groups in total. The van der Waals surface area contributed by atoms with Gasteiger partial charge in [-0.25, -0.2) is 0 Å². The Balaban J connectivity index is 1.65. The molecule has 1 aromatic heterocycles. The molecule has 2 heterocycles. The third kappa shape index (κ3) is 3.64. The number of hydrogen-bond donors (Lipinski definition) is 0. The lowest BCUT2D eigenvalue weighted by Gasteiger charge is -2.33. The van der Waals surface area contributed by atoms with Crippen LogP contribution in [0.5, 0.6) is 5.75 Å². The minimum Gasteiger partial charge on any atom is -0.497 e. The van der Waals surface area contributed by atoms with Gasteiger partial charge in [-0.1, -0.05) is 12.1 Å². The van der Waals surface area contributed by atoms with Crippen LogP contribution in [-0.2, 0) is 13.5 Å². The van der Waals surface area contributed by atoms with Crippen LogP contribution in [0.3, 0.4) is 0 Å². The molecule has 3 rings (SSSR count). The van der Waals surface area contributed by atoms with E-state index in [0.717, 1.165) is 42.8 Å². The van der Waals surface area contributed by atoms with Gasteiger partial charge in [0.15, 0.2) is 0 Å². The van der Waals surface area contributed by atoms with Crippen molar-refractivity contribution in [3.05, 3.63) is 53.3 Å². The van der Waals surface area contributed by atoms with Gasteiger partial charge in [-0.05, 0) is 55.4 Å². The fraction of sp³-hybridized carbons (Fsp3) is 0.450. The van der Waals surface area contributed by atoms with Crippen molar-refractivity contribution in [2.45, 2.75) is 26.2 Å². The van der Waals surface area contributed by atoms with Gasteiger partial charge in [-0.15, -0.1) is 0 Å². The molecule has 0 radical (unpaired) electrons. The highest BCUT2D eigenvalue weighted by molar-refractivity contribution is 5.95. The third-order valence-electron chi connectivity index (χ3n) is 4.87. The van der Waals surface area contributed by atoms with Crippen molar-refractivity contribution in [1.29, 1.82) is 0 Å². The van der Waals surface area contributed by atoms with E-state index < -0.39 is 0 Å². The first-order chi connectivity index (χ1) is 11.6. The number of methoxy groups -OCH3 is 1. The number of amides is 1. The van der Waals surface area contributed by atoms with Crippen molar-refractivity contribution in [3.63, 3.8) is 0 Å². The van der Waals surface area contributed by atoms with Crippen LogP contribution in [-0.4, -0.2) is 35.6 Å². The van der Waals surface area contributed by atoms with E-state index in [1.807, 2.05) is 48.0 Å². The lowest BCUT2D eigenvalue weighted by atomic mass is 9.91. The van der Waals surface area contributed by atoms with E-state index in [0.29, 0.717) is 5.92 Å². The summed E-state index contributed by atoms with van der Waals surface area (Å²) in [6.07, 6.45) is 7.22. The van der Waals surface area contributed by atoms with E-state index in [1.165, 1.54) is 12.0 Å². The molecule has 128 valence electrons. The van der Waals surface area contributed by atoms with Gasteiger partial charge in [-0.2, -0.15) is 0 Å². The Morgan fingerprint density at radius 2 is 2.00 bits per heavy atom. The molecule has 1 fully saturated rings. The summed E-state index contributed by atoms with van der Waals surface area (Å²) in [4.78, 5) is 14.8. The van der Waals surface area contributed by atoms with Crippen LogP contribution in [0.1, 0.15) is 34.3 Å². The lowest BCUT2D eigenvalue weighted by molar-refractivity contribution is 0.0672. The molecule has 1 aromatic carbocycles. The Kier molecular flexibility index (Phi) is 4.93. The number of carbonyl (C=O) groups is 1. The molecular formula is C20H26N2O2. The molecule has 1 aliphatic rings. The van der Waals surface area contributed by atoms with Crippen LogP contribution in [0.2, 0.25) is 0 Å². The van der Waals surface area contributed by atoms with E-state index in [9.17, 15) is 4.79 Å². The summed E-state index contributed by atoms with van der Waals surface area (Å²) in [6, 6.07) is 8.27. The number of aryl methyl sites for hydroxylation is 2. The number of hydrogen-bond acceptors (Lipinski definition) is 2. The fourth-order valence-corrected chi connectivity index (χ4v) is 3.62. The quantitative estimate of drug-likeness (QED) is 0.862. The highest BCUT2D eigenvalue weighted by Crippen LogP contribution is 2.24. The van der Waals surface area contributed by atoms with Crippen molar-refractivity contribution < 1.29 is 9.53 Å². The van der Waals surface area contributed by atoms with E-state index in [1.54, 1.807) is 7.11 Å².